The molecule has 1 saturated carbocycles. The molecule has 1 saturated heterocycles. The average molecular weight is 292 g/mol. The summed E-state index contributed by atoms with van der Waals surface area (Å²) in [5.41, 5.74) is 1.47. The third-order valence-electron chi connectivity index (χ3n) is 5.26. The van der Waals surface area contributed by atoms with E-state index >= 15 is 0 Å². The number of aryl methyl sites for hydroxylation is 1. The molecule has 0 spiro atoms. The molecule has 0 bridgehead atoms. The van der Waals surface area contributed by atoms with Crippen LogP contribution in [0.25, 0.3) is 0 Å². The van der Waals surface area contributed by atoms with Gasteiger partial charge in [0.25, 0.3) is 0 Å². The first-order valence-corrected chi connectivity index (χ1v) is 9.12. The highest BCUT2D eigenvalue weighted by molar-refractivity contribution is 7.10. The molecule has 2 atom stereocenters. The van der Waals surface area contributed by atoms with Crippen LogP contribution in [0.2, 0.25) is 0 Å². The smallest absolute Gasteiger partial charge is 0.0334 e. The van der Waals surface area contributed by atoms with Crippen molar-refractivity contribution in [2.24, 2.45) is 5.92 Å². The van der Waals surface area contributed by atoms with E-state index in [9.17, 15) is 0 Å². The van der Waals surface area contributed by atoms with E-state index in [0.717, 1.165) is 25.0 Å². The van der Waals surface area contributed by atoms with Gasteiger partial charge in [0.2, 0.25) is 0 Å². The maximum atomic E-state index is 3.82. The van der Waals surface area contributed by atoms with Crippen LogP contribution < -0.4 is 5.32 Å². The van der Waals surface area contributed by atoms with Gasteiger partial charge in [0.1, 0.15) is 0 Å². The lowest BCUT2D eigenvalue weighted by molar-refractivity contribution is 0.0988. The van der Waals surface area contributed by atoms with Crippen LogP contribution in [0.1, 0.15) is 49.5 Å². The summed E-state index contributed by atoms with van der Waals surface area (Å²) in [6, 6.07) is 3.65. The molecule has 1 N–H and O–H groups in total. The molecule has 1 aromatic rings. The summed E-state index contributed by atoms with van der Waals surface area (Å²) >= 11 is 1.92. The summed E-state index contributed by atoms with van der Waals surface area (Å²) in [6.07, 6.45) is 7.23. The molecular formula is C17H28N2S. The molecule has 1 aliphatic carbocycles. The van der Waals surface area contributed by atoms with E-state index < -0.39 is 0 Å². The molecule has 0 aromatic carbocycles. The number of rotatable bonds is 3. The number of hydrogen-bond donors (Lipinski definition) is 1. The van der Waals surface area contributed by atoms with Gasteiger partial charge in [-0.2, -0.15) is 0 Å². The Bertz CT molecular complexity index is 422. The molecular weight excluding hydrogens is 264 g/mol. The van der Waals surface area contributed by atoms with Crippen LogP contribution in [0.15, 0.2) is 11.4 Å². The van der Waals surface area contributed by atoms with Crippen LogP contribution in [0.4, 0.5) is 0 Å². The van der Waals surface area contributed by atoms with Crippen LogP contribution in [0, 0.1) is 12.8 Å². The topological polar surface area (TPSA) is 15.3 Å². The standard InChI is InChI=1S/C17H28N2S/c1-13-8-9-20-17(13)12-19-11-16(18-10-14(19)2)15-6-4-3-5-7-15/h8-9,14-16,18H,3-7,10-12H2,1-2H3. The quantitative estimate of drug-likeness (QED) is 0.911. The monoisotopic (exact) mass is 292 g/mol. The van der Waals surface area contributed by atoms with E-state index in [1.165, 1.54) is 44.2 Å². The summed E-state index contributed by atoms with van der Waals surface area (Å²) < 4.78 is 0. The van der Waals surface area contributed by atoms with E-state index in [2.05, 4.69) is 35.5 Å². The Morgan fingerprint density at radius 2 is 2.10 bits per heavy atom. The van der Waals surface area contributed by atoms with Crippen molar-refractivity contribution in [2.45, 2.75) is 64.6 Å². The number of thiophene rings is 1. The summed E-state index contributed by atoms with van der Waals surface area (Å²) in [4.78, 5) is 4.26. The van der Waals surface area contributed by atoms with Gasteiger partial charge in [0.15, 0.2) is 0 Å². The number of piperazine rings is 1. The Balaban J connectivity index is 1.62. The second-order valence-electron chi connectivity index (χ2n) is 6.72. The zero-order chi connectivity index (χ0) is 13.9. The maximum Gasteiger partial charge on any atom is 0.0334 e. The largest absolute Gasteiger partial charge is 0.311 e. The molecule has 2 nitrogen and oxygen atoms in total. The minimum Gasteiger partial charge on any atom is -0.311 e. The molecule has 2 fully saturated rings. The van der Waals surface area contributed by atoms with E-state index in [1.54, 1.807) is 4.88 Å². The van der Waals surface area contributed by atoms with Gasteiger partial charge in [-0.1, -0.05) is 19.3 Å². The molecule has 1 aliphatic heterocycles. The summed E-state index contributed by atoms with van der Waals surface area (Å²) in [5.74, 6) is 0.920. The van der Waals surface area contributed by atoms with Gasteiger partial charge in [0.05, 0.1) is 0 Å². The average Bonchev–Trinajstić information content (AvgIpc) is 2.88. The van der Waals surface area contributed by atoms with E-state index in [4.69, 9.17) is 0 Å². The van der Waals surface area contributed by atoms with Gasteiger partial charge in [-0.05, 0) is 49.6 Å². The number of nitrogens with zero attached hydrogens (tertiary/aromatic N) is 1. The minimum absolute atomic E-state index is 0.663. The van der Waals surface area contributed by atoms with Crippen molar-refractivity contribution in [2.75, 3.05) is 13.1 Å². The Morgan fingerprint density at radius 1 is 1.30 bits per heavy atom. The van der Waals surface area contributed by atoms with Gasteiger partial charge in [-0.3, -0.25) is 4.90 Å². The molecule has 3 rings (SSSR count). The lowest BCUT2D eigenvalue weighted by Gasteiger charge is -2.42. The van der Waals surface area contributed by atoms with Crippen LogP contribution in [0.3, 0.4) is 0 Å². The first-order chi connectivity index (χ1) is 9.74. The van der Waals surface area contributed by atoms with Crippen molar-refractivity contribution in [3.8, 4) is 0 Å². The highest BCUT2D eigenvalue weighted by Crippen LogP contribution is 2.29. The van der Waals surface area contributed by atoms with Gasteiger partial charge in [0, 0.05) is 36.6 Å². The minimum atomic E-state index is 0.663. The van der Waals surface area contributed by atoms with Crippen LogP contribution in [-0.4, -0.2) is 30.1 Å². The zero-order valence-corrected chi connectivity index (χ0v) is 13.7. The van der Waals surface area contributed by atoms with Crippen molar-refractivity contribution in [3.05, 3.63) is 21.9 Å². The summed E-state index contributed by atoms with van der Waals surface area (Å²) in [5, 5.41) is 6.06. The molecule has 1 aromatic heterocycles. The van der Waals surface area contributed by atoms with Gasteiger partial charge in [-0.15, -0.1) is 11.3 Å². The van der Waals surface area contributed by atoms with E-state index in [1.807, 2.05) is 11.3 Å². The van der Waals surface area contributed by atoms with Crippen molar-refractivity contribution < 1.29 is 0 Å². The highest BCUT2D eigenvalue weighted by atomic mass is 32.1. The first kappa shape index (κ1) is 14.6. The normalized spacial score (nSPS) is 29.7. The van der Waals surface area contributed by atoms with Crippen molar-refractivity contribution in [1.82, 2.24) is 10.2 Å². The fraction of sp³-hybridized carbons (Fsp3) is 0.765. The van der Waals surface area contributed by atoms with Crippen molar-refractivity contribution in [3.63, 3.8) is 0 Å². The molecule has 112 valence electrons. The molecule has 2 unspecified atom stereocenters. The molecule has 3 heteroatoms. The fourth-order valence-electron chi connectivity index (χ4n) is 3.77. The van der Waals surface area contributed by atoms with Crippen LogP contribution >= 0.6 is 11.3 Å². The van der Waals surface area contributed by atoms with Gasteiger partial charge in [-0.25, -0.2) is 0 Å². The third kappa shape index (κ3) is 3.26. The fourth-order valence-corrected chi connectivity index (χ4v) is 4.70. The third-order valence-corrected chi connectivity index (χ3v) is 6.27. The molecule has 0 radical (unpaired) electrons. The molecule has 2 heterocycles. The second-order valence-corrected chi connectivity index (χ2v) is 7.72. The summed E-state index contributed by atoms with van der Waals surface area (Å²) in [7, 11) is 0. The maximum absolute atomic E-state index is 3.82. The first-order valence-electron chi connectivity index (χ1n) is 8.24. The van der Waals surface area contributed by atoms with Gasteiger partial charge >= 0.3 is 0 Å². The Labute approximate surface area is 127 Å². The SMILES string of the molecule is Cc1ccsc1CN1CC(C2CCCCC2)NCC1C. The summed E-state index contributed by atoms with van der Waals surface area (Å²) in [6.45, 7) is 8.16. The number of nitrogens with one attached hydrogen (secondary N) is 1. The number of hydrogen-bond acceptors (Lipinski definition) is 3. The Morgan fingerprint density at radius 3 is 2.80 bits per heavy atom. The predicted octanol–water partition coefficient (Wildman–Crippen LogP) is 3.80. The second kappa shape index (κ2) is 6.59. The Kier molecular flexibility index (Phi) is 4.79. The van der Waals surface area contributed by atoms with Gasteiger partial charge < -0.3 is 5.32 Å². The highest BCUT2D eigenvalue weighted by Gasteiger charge is 2.31. The van der Waals surface area contributed by atoms with E-state index in [0.29, 0.717) is 6.04 Å². The van der Waals surface area contributed by atoms with E-state index in [-0.39, 0.29) is 0 Å². The predicted molar refractivity (Wildman–Crippen MR) is 87.3 cm³/mol. The molecule has 0 amide bonds. The van der Waals surface area contributed by atoms with Crippen molar-refractivity contribution >= 4 is 11.3 Å². The van der Waals surface area contributed by atoms with Crippen LogP contribution in [-0.2, 0) is 6.54 Å². The van der Waals surface area contributed by atoms with Crippen LogP contribution in [0.5, 0.6) is 0 Å². The lowest BCUT2D eigenvalue weighted by atomic mass is 9.82. The lowest BCUT2D eigenvalue weighted by Crippen LogP contribution is -2.57. The zero-order valence-electron chi connectivity index (χ0n) is 12.9. The molecule has 2 aliphatic rings. The molecule has 20 heavy (non-hydrogen) atoms. The Hall–Kier alpha value is -0.380. The van der Waals surface area contributed by atoms with Crippen molar-refractivity contribution in [1.29, 1.82) is 0 Å².